The van der Waals surface area contributed by atoms with Crippen molar-refractivity contribution >= 4 is 0 Å². The molecule has 3 heteroatoms. The van der Waals surface area contributed by atoms with Gasteiger partial charge in [-0.05, 0) is 44.7 Å². The van der Waals surface area contributed by atoms with Gasteiger partial charge in [-0.3, -0.25) is 0 Å². The molecular weight excluding hydrogens is 256 g/mol. The Morgan fingerprint density at radius 1 is 1.15 bits per heavy atom. The quantitative estimate of drug-likeness (QED) is 0.837. The van der Waals surface area contributed by atoms with Crippen LogP contribution in [0.15, 0.2) is 18.2 Å². The number of alkyl halides is 2. The van der Waals surface area contributed by atoms with E-state index in [0.717, 1.165) is 6.54 Å². The van der Waals surface area contributed by atoms with Gasteiger partial charge in [0.2, 0.25) is 5.92 Å². The average molecular weight is 281 g/mol. The molecule has 0 saturated heterocycles. The summed E-state index contributed by atoms with van der Waals surface area (Å²) < 4.78 is 26.7. The fraction of sp³-hybridized carbons (Fsp3) is 0.647. The van der Waals surface area contributed by atoms with Gasteiger partial charge in [0.25, 0.3) is 0 Å². The zero-order valence-corrected chi connectivity index (χ0v) is 12.7. The van der Waals surface area contributed by atoms with Crippen molar-refractivity contribution in [2.45, 2.75) is 58.4 Å². The number of aryl methyl sites for hydroxylation is 2. The third-order valence-electron chi connectivity index (χ3n) is 4.26. The Morgan fingerprint density at radius 3 is 2.20 bits per heavy atom. The fourth-order valence-corrected chi connectivity index (χ4v) is 3.36. The number of nitrogens with one attached hydrogen (secondary N) is 1. The first kappa shape index (κ1) is 15.4. The number of halogens is 2. The van der Waals surface area contributed by atoms with Gasteiger partial charge in [0.05, 0.1) is 0 Å². The Balaban J connectivity index is 2.18. The minimum absolute atomic E-state index is 0.0321. The van der Waals surface area contributed by atoms with Crippen LogP contribution in [0.5, 0.6) is 0 Å². The Kier molecular flexibility index (Phi) is 4.79. The summed E-state index contributed by atoms with van der Waals surface area (Å²) in [6.45, 7) is 7.13. The van der Waals surface area contributed by atoms with Crippen LogP contribution in [0, 0.1) is 19.8 Å². The van der Waals surface area contributed by atoms with E-state index in [1.807, 2.05) is 0 Å². The van der Waals surface area contributed by atoms with Crippen LogP contribution in [0.4, 0.5) is 8.78 Å². The predicted molar refractivity (Wildman–Crippen MR) is 79.2 cm³/mol. The van der Waals surface area contributed by atoms with Crippen molar-refractivity contribution in [2.24, 2.45) is 5.92 Å². The third-order valence-corrected chi connectivity index (χ3v) is 4.26. The molecule has 0 bridgehead atoms. The smallest absolute Gasteiger partial charge is 0.248 e. The lowest BCUT2D eigenvalue weighted by Gasteiger charge is -2.34. The Labute approximate surface area is 120 Å². The van der Waals surface area contributed by atoms with Crippen molar-refractivity contribution < 1.29 is 8.78 Å². The van der Waals surface area contributed by atoms with Crippen LogP contribution in [-0.2, 0) is 0 Å². The van der Waals surface area contributed by atoms with Crippen molar-refractivity contribution in [3.05, 3.63) is 34.9 Å². The van der Waals surface area contributed by atoms with Gasteiger partial charge in [0.1, 0.15) is 0 Å². The van der Waals surface area contributed by atoms with Crippen LogP contribution in [0.1, 0.15) is 55.3 Å². The summed E-state index contributed by atoms with van der Waals surface area (Å²) in [6.07, 6.45) is 1.28. The molecule has 1 fully saturated rings. The number of hydrogen-bond donors (Lipinski definition) is 1. The van der Waals surface area contributed by atoms with Gasteiger partial charge in [-0.25, -0.2) is 8.78 Å². The molecule has 1 saturated carbocycles. The minimum atomic E-state index is -2.45. The Morgan fingerprint density at radius 2 is 1.70 bits per heavy atom. The van der Waals surface area contributed by atoms with E-state index in [2.05, 4.69) is 44.3 Å². The van der Waals surface area contributed by atoms with Gasteiger partial charge >= 0.3 is 0 Å². The van der Waals surface area contributed by atoms with Crippen molar-refractivity contribution in [3.63, 3.8) is 0 Å². The first-order valence-electron chi connectivity index (χ1n) is 7.60. The predicted octanol–water partition coefficient (Wildman–Crippen LogP) is 4.78. The molecule has 0 amide bonds. The molecule has 1 aromatic rings. The SMILES string of the molecule is CCNC(c1cc(C)cc(C)c1)C1CCC(F)(F)CC1. The topological polar surface area (TPSA) is 12.0 Å². The van der Waals surface area contributed by atoms with Crippen LogP contribution in [0.3, 0.4) is 0 Å². The van der Waals surface area contributed by atoms with E-state index in [-0.39, 0.29) is 18.9 Å². The van der Waals surface area contributed by atoms with Crippen LogP contribution >= 0.6 is 0 Å². The summed E-state index contributed by atoms with van der Waals surface area (Å²) in [5, 5.41) is 3.51. The molecule has 1 nitrogen and oxygen atoms in total. The Bertz CT molecular complexity index is 426. The van der Waals surface area contributed by atoms with Crippen molar-refractivity contribution in [3.8, 4) is 0 Å². The average Bonchev–Trinajstić information content (AvgIpc) is 2.35. The number of rotatable bonds is 4. The second-order valence-electron chi connectivity index (χ2n) is 6.15. The van der Waals surface area contributed by atoms with E-state index in [1.165, 1.54) is 16.7 Å². The minimum Gasteiger partial charge on any atom is -0.310 e. The van der Waals surface area contributed by atoms with E-state index in [0.29, 0.717) is 18.8 Å². The van der Waals surface area contributed by atoms with Crippen molar-refractivity contribution in [1.29, 1.82) is 0 Å². The molecule has 2 rings (SSSR count). The molecule has 0 aliphatic heterocycles. The number of hydrogen-bond acceptors (Lipinski definition) is 1. The third kappa shape index (κ3) is 3.78. The molecule has 1 atom stereocenters. The van der Waals surface area contributed by atoms with Gasteiger partial charge < -0.3 is 5.32 Å². The first-order valence-corrected chi connectivity index (χ1v) is 7.60. The molecule has 1 aliphatic carbocycles. The van der Waals surface area contributed by atoms with Crippen molar-refractivity contribution in [1.82, 2.24) is 5.32 Å². The van der Waals surface area contributed by atoms with Gasteiger partial charge in [-0.15, -0.1) is 0 Å². The van der Waals surface area contributed by atoms with Crippen LogP contribution in [-0.4, -0.2) is 12.5 Å². The number of benzene rings is 1. The van der Waals surface area contributed by atoms with E-state index >= 15 is 0 Å². The highest BCUT2D eigenvalue weighted by Crippen LogP contribution is 2.41. The largest absolute Gasteiger partial charge is 0.310 e. The van der Waals surface area contributed by atoms with Crippen molar-refractivity contribution in [2.75, 3.05) is 6.54 Å². The van der Waals surface area contributed by atoms with Gasteiger partial charge in [0.15, 0.2) is 0 Å². The second kappa shape index (κ2) is 6.21. The summed E-state index contributed by atoms with van der Waals surface area (Å²) in [4.78, 5) is 0. The lowest BCUT2D eigenvalue weighted by molar-refractivity contribution is -0.0497. The highest BCUT2D eigenvalue weighted by atomic mass is 19.3. The highest BCUT2D eigenvalue weighted by molar-refractivity contribution is 5.31. The zero-order chi connectivity index (χ0) is 14.8. The Hall–Kier alpha value is -0.960. The standard InChI is InChI=1S/C17H25F2N/c1-4-20-16(14-5-7-17(18,19)8-6-14)15-10-12(2)9-13(3)11-15/h9-11,14,16,20H,4-8H2,1-3H3. The van der Waals surface area contributed by atoms with E-state index in [9.17, 15) is 8.78 Å². The maximum absolute atomic E-state index is 13.3. The first-order chi connectivity index (χ1) is 9.41. The van der Waals surface area contributed by atoms with Gasteiger partial charge in [-0.2, -0.15) is 0 Å². The second-order valence-corrected chi connectivity index (χ2v) is 6.15. The summed E-state index contributed by atoms with van der Waals surface area (Å²) in [7, 11) is 0. The zero-order valence-electron chi connectivity index (χ0n) is 12.7. The fourth-order valence-electron chi connectivity index (χ4n) is 3.36. The van der Waals surface area contributed by atoms with Crippen LogP contribution < -0.4 is 5.32 Å². The maximum atomic E-state index is 13.3. The highest BCUT2D eigenvalue weighted by Gasteiger charge is 2.37. The molecule has 0 spiro atoms. The molecule has 112 valence electrons. The van der Waals surface area contributed by atoms with Gasteiger partial charge in [-0.1, -0.05) is 36.2 Å². The molecule has 20 heavy (non-hydrogen) atoms. The molecule has 0 radical (unpaired) electrons. The van der Waals surface area contributed by atoms with Crippen LogP contribution in [0.2, 0.25) is 0 Å². The molecule has 1 N–H and O–H groups in total. The lowest BCUT2D eigenvalue weighted by Crippen LogP contribution is -2.34. The molecule has 1 aliphatic rings. The van der Waals surface area contributed by atoms with E-state index < -0.39 is 5.92 Å². The normalized spacial score (nSPS) is 20.9. The molecule has 1 unspecified atom stereocenters. The lowest BCUT2D eigenvalue weighted by atomic mass is 9.79. The molecular formula is C17H25F2N. The van der Waals surface area contributed by atoms with Gasteiger partial charge in [0, 0.05) is 18.9 Å². The monoisotopic (exact) mass is 281 g/mol. The molecule has 0 aromatic heterocycles. The molecule has 0 heterocycles. The van der Waals surface area contributed by atoms with E-state index in [1.54, 1.807) is 0 Å². The molecule has 1 aromatic carbocycles. The summed E-state index contributed by atoms with van der Waals surface area (Å²) in [5.41, 5.74) is 3.73. The van der Waals surface area contributed by atoms with E-state index in [4.69, 9.17) is 0 Å². The summed E-state index contributed by atoms with van der Waals surface area (Å²) >= 11 is 0. The summed E-state index contributed by atoms with van der Waals surface area (Å²) in [6, 6.07) is 6.73. The maximum Gasteiger partial charge on any atom is 0.248 e. The van der Waals surface area contributed by atoms with Crippen LogP contribution in [0.25, 0.3) is 0 Å². The summed E-state index contributed by atoms with van der Waals surface area (Å²) in [5.74, 6) is -2.13.